The van der Waals surface area contributed by atoms with E-state index in [1.54, 1.807) is 0 Å². The minimum Gasteiger partial charge on any atom is -0.392 e. The van der Waals surface area contributed by atoms with Crippen LogP contribution in [0.25, 0.3) is 0 Å². The Labute approximate surface area is 124 Å². The molecule has 0 spiro atoms. The molecule has 14 heteroatoms. The van der Waals surface area contributed by atoms with Crippen molar-refractivity contribution in [2.75, 3.05) is 5.75 Å². The molecule has 0 bridgehead atoms. The lowest BCUT2D eigenvalue weighted by atomic mass is 9.99. The standard InChI is InChI=1S/C9H11F9O4S/c10-6(11,1-5(19)2-23(20,21)22)3-7(12,13)4-8(14,15)9(16,17)18/h5,19H,1-4H2,(H,20,21,22). The van der Waals surface area contributed by atoms with Gasteiger partial charge in [-0.25, -0.2) is 17.6 Å². The predicted molar refractivity (Wildman–Crippen MR) is 57.2 cm³/mol. The molecule has 2 N–H and O–H groups in total. The van der Waals surface area contributed by atoms with Gasteiger partial charge >= 0.3 is 12.1 Å². The highest BCUT2D eigenvalue weighted by Crippen LogP contribution is 2.46. The molecular weight excluding hydrogens is 375 g/mol. The van der Waals surface area contributed by atoms with E-state index in [4.69, 9.17) is 9.66 Å². The van der Waals surface area contributed by atoms with Crippen molar-refractivity contribution < 1.29 is 57.6 Å². The minimum atomic E-state index is -6.36. The second-order valence-corrected chi connectivity index (χ2v) is 6.37. The second kappa shape index (κ2) is 6.63. The number of halogens is 9. The van der Waals surface area contributed by atoms with Crippen molar-refractivity contribution in [1.82, 2.24) is 0 Å². The first kappa shape index (κ1) is 22.2. The highest BCUT2D eigenvalue weighted by atomic mass is 32.2. The Morgan fingerprint density at radius 3 is 1.61 bits per heavy atom. The Morgan fingerprint density at radius 2 is 1.26 bits per heavy atom. The average molecular weight is 386 g/mol. The van der Waals surface area contributed by atoms with Gasteiger partial charge in [0.05, 0.1) is 18.9 Å². The number of hydrogen-bond donors (Lipinski definition) is 2. The van der Waals surface area contributed by atoms with Crippen LogP contribution < -0.4 is 0 Å². The zero-order valence-corrected chi connectivity index (χ0v) is 11.7. The second-order valence-electron chi connectivity index (χ2n) is 4.87. The first-order chi connectivity index (χ1) is 9.77. The summed E-state index contributed by atoms with van der Waals surface area (Å²) in [6, 6.07) is 0. The van der Waals surface area contributed by atoms with Gasteiger partial charge in [0.15, 0.2) is 0 Å². The molecule has 1 atom stereocenters. The molecule has 0 radical (unpaired) electrons. The Bertz CT molecular complexity index is 500. The predicted octanol–water partition coefficient (Wildman–Crippen LogP) is 2.87. The zero-order valence-electron chi connectivity index (χ0n) is 10.9. The highest BCUT2D eigenvalue weighted by Gasteiger charge is 2.62. The van der Waals surface area contributed by atoms with Crippen molar-refractivity contribution >= 4 is 10.1 Å². The Morgan fingerprint density at radius 1 is 0.826 bits per heavy atom. The molecule has 0 heterocycles. The van der Waals surface area contributed by atoms with Crippen LogP contribution in [0.5, 0.6) is 0 Å². The van der Waals surface area contributed by atoms with Crippen LogP contribution in [-0.2, 0) is 10.1 Å². The van der Waals surface area contributed by atoms with Gasteiger partial charge in [0.1, 0.15) is 5.75 Å². The first-order valence-corrected chi connectivity index (χ1v) is 7.21. The summed E-state index contributed by atoms with van der Waals surface area (Å²) >= 11 is 0. The largest absolute Gasteiger partial charge is 0.453 e. The minimum absolute atomic E-state index is 1.65. The van der Waals surface area contributed by atoms with Gasteiger partial charge in [0.25, 0.3) is 22.0 Å². The van der Waals surface area contributed by atoms with E-state index in [1.165, 1.54) is 0 Å². The van der Waals surface area contributed by atoms with Crippen molar-refractivity contribution in [3.8, 4) is 0 Å². The molecule has 0 rings (SSSR count). The van der Waals surface area contributed by atoms with Crippen molar-refractivity contribution in [1.29, 1.82) is 0 Å². The molecule has 4 nitrogen and oxygen atoms in total. The van der Waals surface area contributed by atoms with Gasteiger partial charge < -0.3 is 5.11 Å². The van der Waals surface area contributed by atoms with Gasteiger partial charge in [-0.05, 0) is 0 Å². The number of rotatable bonds is 8. The van der Waals surface area contributed by atoms with Gasteiger partial charge in [-0.2, -0.15) is 30.4 Å². The van der Waals surface area contributed by atoms with Gasteiger partial charge in [0, 0.05) is 6.42 Å². The molecule has 0 fully saturated rings. The maximum atomic E-state index is 13.2. The van der Waals surface area contributed by atoms with Crippen molar-refractivity contribution in [3.05, 3.63) is 0 Å². The van der Waals surface area contributed by atoms with E-state index >= 15 is 0 Å². The molecule has 0 aliphatic carbocycles. The Hall–Kier alpha value is -0.760. The fraction of sp³-hybridized carbons (Fsp3) is 1.00. The maximum absolute atomic E-state index is 13.2. The Balaban J connectivity index is 4.93. The van der Waals surface area contributed by atoms with Crippen LogP contribution in [0.15, 0.2) is 0 Å². The quantitative estimate of drug-likeness (QED) is 0.497. The van der Waals surface area contributed by atoms with E-state index in [-0.39, 0.29) is 0 Å². The summed E-state index contributed by atoms with van der Waals surface area (Å²) in [6.45, 7) is 0. The highest BCUT2D eigenvalue weighted by molar-refractivity contribution is 7.85. The lowest BCUT2D eigenvalue weighted by Gasteiger charge is -2.28. The topological polar surface area (TPSA) is 74.6 Å². The molecule has 0 saturated heterocycles. The monoisotopic (exact) mass is 386 g/mol. The van der Waals surface area contributed by atoms with E-state index in [2.05, 4.69) is 0 Å². The lowest BCUT2D eigenvalue weighted by Crippen LogP contribution is -2.44. The first-order valence-electron chi connectivity index (χ1n) is 5.60. The van der Waals surface area contributed by atoms with Crippen molar-refractivity contribution in [2.24, 2.45) is 0 Å². The summed E-state index contributed by atoms with van der Waals surface area (Å²) in [5.74, 6) is -17.4. The summed E-state index contributed by atoms with van der Waals surface area (Å²) in [5.41, 5.74) is 0. The fourth-order valence-corrected chi connectivity index (χ4v) is 2.19. The van der Waals surface area contributed by atoms with Gasteiger partial charge in [-0.3, -0.25) is 4.55 Å². The summed E-state index contributed by atoms with van der Waals surface area (Å²) in [5, 5.41) is 8.89. The van der Waals surface area contributed by atoms with Crippen LogP contribution in [-0.4, -0.2) is 53.9 Å². The molecule has 0 amide bonds. The van der Waals surface area contributed by atoms with E-state index in [0.717, 1.165) is 0 Å². The molecule has 140 valence electrons. The normalized spacial score (nSPS) is 16.5. The van der Waals surface area contributed by atoms with E-state index < -0.39 is 65.2 Å². The summed E-state index contributed by atoms with van der Waals surface area (Å²) in [4.78, 5) is 0. The number of alkyl halides is 9. The molecule has 0 aromatic heterocycles. The molecule has 23 heavy (non-hydrogen) atoms. The summed E-state index contributed by atoms with van der Waals surface area (Å²) < 4.78 is 142. The summed E-state index contributed by atoms with van der Waals surface area (Å²) in [6.07, 6.45) is -16.9. The van der Waals surface area contributed by atoms with Crippen molar-refractivity contribution in [3.63, 3.8) is 0 Å². The van der Waals surface area contributed by atoms with Gasteiger partial charge in [-0.15, -0.1) is 0 Å². The fourth-order valence-electron chi connectivity index (χ4n) is 1.58. The van der Waals surface area contributed by atoms with Crippen LogP contribution in [0.4, 0.5) is 39.5 Å². The molecule has 0 aliphatic heterocycles. The third-order valence-corrected chi connectivity index (χ3v) is 3.16. The lowest BCUT2D eigenvalue weighted by molar-refractivity contribution is -0.304. The van der Waals surface area contributed by atoms with E-state index in [0.29, 0.717) is 0 Å². The molecule has 0 aliphatic rings. The van der Waals surface area contributed by atoms with E-state index in [1.807, 2.05) is 0 Å². The van der Waals surface area contributed by atoms with E-state index in [9.17, 15) is 47.9 Å². The SMILES string of the molecule is O=S(=O)(O)CC(O)CC(F)(F)CC(F)(F)CC(F)(F)C(F)(F)F. The number of aliphatic hydroxyl groups is 1. The smallest absolute Gasteiger partial charge is 0.392 e. The van der Waals surface area contributed by atoms with Gasteiger partial charge in [-0.1, -0.05) is 0 Å². The third kappa shape index (κ3) is 8.60. The molecular formula is C9H11F9O4S. The average Bonchev–Trinajstić information content (AvgIpc) is 2.04. The van der Waals surface area contributed by atoms with Crippen LogP contribution in [0.2, 0.25) is 0 Å². The zero-order chi connectivity index (χ0) is 18.9. The van der Waals surface area contributed by atoms with Gasteiger partial charge in [0.2, 0.25) is 0 Å². The van der Waals surface area contributed by atoms with Crippen LogP contribution in [0.1, 0.15) is 19.3 Å². The Kier molecular flexibility index (Phi) is 6.41. The molecule has 0 aromatic carbocycles. The molecule has 0 aromatic rings. The third-order valence-electron chi connectivity index (χ3n) is 2.35. The summed E-state index contributed by atoms with van der Waals surface area (Å²) in [7, 11) is -4.93. The van der Waals surface area contributed by atoms with Crippen LogP contribution in [0.3, 0.4) is 0 Å². The number of aliphatic hydroxyl groups excluding tert-OH is 1. The van der Waals surface area contributed by atoms with Crippen molar-refractivity contribution in [2.45, 2.75) is 49.3 Å². The number of hydrogen-bond acceptors (Lipinski definition) is 3. The maximum Gasteiger partial charge on any atom is 0.453 e. The van der Waals surface area contributed by atoms with Crippen LogP contribution in [0, 0.1) is 0 Å². The molecule has 1 unspecified atom stereocenters. The molecule has 0 saturated carbocycles. The van der Waals surface area contributed by atoms with Crippen LogP contribution >= 0.6 is 0 Å².